The topological polar surface area (TPSA) is 45.8 Å². The van der Waals surface area contributed by atoms with Gasteiger partial charge in [0, 0.05) is 11.9 Å². The lowest BCUT2D eigenvalue weighted by molar-refractivity contribution is 1.08. The first-order valence-corrected chi connectivity index (χ1v) is 4.75. The first-order valence-electron chi connectivity index (χ1n) is 3.87. The van der Waals surface area contributed by atoms with Crippen LogP contribution in [0, 0.1) is 6.92 Å². The summed E-state index contributed by atoms with van der Waals surface area (Å²) in [6.45, 7) is 1.81. The van der Waals surface area contributed by atoms with Crippen molar-refractivity contribution in [1.82, 2.24) is 9.97 Å². The number of nitrogens with one attached hydrogen (secondary N) is 1. The molecule has 2 aromatic heterocycles. The Bertz CT molecular complexity index is 459. The summed E-state index contributed by atoms with van der Waals surface area (Å²) in [6, 6.07) is 3.79. The Labute approximate surface area is 79.1 Å². The van der Waals surface area contributed by atoms with Gasteiger partial charge in [-0.3, -0.25) is 4.79 Å². The normalized spacial score (nSPS) is 10.2. The van der Waals surface area contributed by atoms with Gasteiger partial charge in [-0.05, 0) is 18.4 Å². The number of aryl methyl sites for hydroxylation is 1. The van der Waals surface area contributed by atoms with Gasteiger partial charge in [-0.15, -0.1) is 11.3 Å². The molecule has 2 heterocycles. The van der Waals surface area contributed by atoms with E-state index in [-0.39, 0.29) is 5.56 Å². The molecular weight excluding hydrogens is 184 g/mol. The third-order valence-corrected chi connectivity index (χ3v) is 2.54. The zero-order valence-corrected chi connectivity index (χ0v) is 7.89. The van der Waals surface area contributed by atoms with Gasteiger partial charge in [0.2, 0.25) is 0 Å². The Hall–Kier alpha value is -1.42. The van der Waals surface area contributed by atoms with Crippen molar-refractivity contribution in [3.05, 3.63) is 39.8 Å². The third-order valence-electron chi connectivity index (χ3n) is 1.67. The molecule has 0 spiro atoms. The smallest absolute Gasteiger partial charge is 0.275 e. The molecular formula is C9H8N2OS. The van der Waals surface area contributed by atoms with E-state index in [1.54, 1.807) is 6.20 Å². The van der Waals surface area contributed by atoms with E-state index < -0.39 is 0 Å². The molecule has 0 saturated heterocycles. The van der Waals surface area contributed by atoms with Crippen LogP contribution in [-0.2, 0) is 0 Å². The lowest BCUT2D eigenvalue weighted by Gasteiger charge is -1.95. The van der Waals surface area contributed by atoms with Crippen molar-refractivity contribution < 1.29 is 0 Å². The van der Waals surface area contributed by atoms with E-state index in [9.17, 15) is 4.79 Å². The maximum absolute atomic E-state index is 11.4. The highest BCUT2D eigenvalue weighted by Crippen LogP contribution is 2.18. The summed E-state index contributed by atoms with van der Waals surface area (Å²) in [6.07, 6.45) is 1.66. The van der Waals surface area contributed by atoms with E-state index in [1.165, 1.54) is 11.3 Å². The van der Waals surface area contributed by atoms with Gasteiger partial charge >= 0.3 is 0 Å². The van der Waals surface area contributed by atoms with Crippen LogP contribution in [0.15, 0.2) is 28.5 Å². The Morgan fingerprint density at radius 3 is 3.00 bits per heavy atom. The van der Waals surface area contributed by atoms with E-state index in [2.05, 4.69) is 9.97 Å². The van der Waals surface area contributed by atoms with Crippen LogP contribution >= 0.6 is 11.3 Å². The van der Waals surface area contributed by atoms with Crippen LogP contribution in [0.4, 0.5) is 0 Å². The molecule has 13 heavy (non-hydrogen) atoms. The molecule has 0 aliphatic rings. The minimum absolute atomic E-state index is 0.123. The van der Waals surface area contributed by atoms with Gasteiger partial charge in [-0.2, -0.15) is 0 Å². The number of rotatable bonds is 1. The average molecular weight is 192 g/mol. The summed E-state index contributed by atoms with van der Waals surface area (Å²) >= 11 is 1.51. The number of aromatic nitrogens is 2. The maximum atomic E-state index is 11.4. The Kier molecular flexibility index (Phi) is 1.98. The summed E-state index contributed by atoms with van der Waals surface area (Å²) in [5, 5.41) is 1.93. The van der Waals surface area contributed by atoms with Gasteiger partial charge in [0.25, 0.3) is 5.56 Å². The molecule has 0 bridgehead atoms. The average Bonchev–Trinajstić information content (AvgIpc) is 2.56. The Morgan fingerprint density at radius 1 is 1.54 bits per heavy atom. The highest BCUT2D eigenvalue weighted by Gasteiger charge is 2.04. The number of aromatic amines is 1. The van der Waals surface area contributed by atoms with Gasteiger partial charge in [0.15, 0.2) is 0 Å². The van der Waals surface area contributed by atoms with Crippen LogP contribution in [-0.4, -0.2) is 9.97 Å². The molecule has 0 fully saturated rings. The Balaban J connectivity index is 2.60. The molecule has 0 radical (unpaired) electrons. The largest absolute Gasteiger partial charge is 0.323 e. The van der Waals surface area contributed by atoms with Gasteiger partial charge in [0.05, 0.1) is 4.88 Å². The van der Waals surface area contributed by atoms with Crippen LogP contribution in [0.1, 0.15) is 5.69 Å². The highest BCUT2D eigenvalue weighted by molar-refractivity contribution is 7.13. The van der Waals surface area contributed by atoms with Crippen LogP contribution in [0.2, 0.25) is 0 Å². The van der Waals surface area contributed by atoms with E-state index in [0.29, 0.717) is 5.69 Å². The molecule has 0 unspecified atom stereocenters. The molecule has 4 heteroatoms. The van der Waals surface area contributed by atoms with E-state index in [1.807, 2.05) is 24.4 Å². The molecule has 0 saturated carbocycles. The number of H-pyrrole nitrogens is 1. The number of hydrogen-bond donors (Lipinski definition) is 1. The van der Waals surface area contributed by atoms with Crippen molar-refractivity contribution in [3.8, 4) is 10.6 Å². The predicted molar refractivity (Wildman–Crippen MR) is 52.9 cm³/mol. The summed E-state index contributed by atoms with van der Waals surface area (Å²) in [5.41, 5.74) is 1.16. The van der Waals surface area contributed by atoms with Crippen molar-refractivity contribution >= 4 is 11.3 Å². The fourth-order valence-corrected chi connectivity index (χ4v) is 1.80. The highest BCUT2D eigenvalue weighted by atomic mass is 32.1. The fraction of sp³-hybridized carbons (Fsp3) is 0.111. The minimum atomic E-state index is -0.123. The third kappa shape index (κ3) is 1.53. The van der Waals surface area contributed by atoms with Crippen molar-refractivity contribution in [1.29, 1.82) is 0 Å². The summed E-state index contributed by atoms with van der Waals surface area (Å²) in [5.74, 6) is 0. The summed E-state index contributed by atoms with van der Waals surface area (Å²) < 4.78 is 0. The first-order chi connectivity index (χ1) is 6.27. The fourth-order valence-electron chi connectivity index (χ4n) is 1.08. The predicted octanol–water partition coefficient (Wildman–Crippen LogP) is 1.81. The SMILES string of the molecule is Cc1cnc(-c2cccs2)c(=O)[nH]1. The molecule has 0 atom stereocenters. The van der Waals surface area contributed by atoms with E-state index in [4.69, 9.17) is 0 Å². The standard InChI is InChI=1S/C9H8N2OS/c1-6-5-10-8(9(12)11-6)7-3-2-4-13-7/h2-5H,1H3,(H,11,12). The maximum Gasteiger partial charge on any atom is 0.275 e. The van der Waals surface area contributed by atoms with Crippen LogP contribution in [0.3, 0.4) is 0 Å². The molecule has 1 N–H and O–H groups in total. The number of hydrogen-bond acceptors (Lipinski definition) is 3. The van der Waals surface area contributed by atoms with Crippen LogP contribution < -0.4 is 5.56 Å². The molecule has 0 aromatic carbocycles. The monoisotopic (exact) mass is 192 g/mol. The Morgan fingerprint density at radius 2 is 2.38 bits per heavy atom. The molecule has 2 rings (SSSR count). The zero-order chi connectivity index (χ0) is 9.26. The molecule has 0 aliphatic carbocycles. The minimum Gasteiger partial charge on any atom is -0.323 e. The molecule has 2 aromatic rings. The van der Waals surface area contributed by atoms with Gasteiger partial charge in [-0.1, -0.05) is 6.07 Å². The molecule has 0 amide bonds. The lowest BCUT2D eigenvalue weighted by atomic mass is 10.3. The number of nitrogens with zero attached hydrogens (tertiary/aromatic N) is 1. The second kappa shape index (κ2) is 3.14. The van der Waals surface area contributed by atoms with E-state index >= 15 is 0 Å². The summed E-state index contributed by atoms with van der Waals surface area (Å²) in [7, 11) is 0. The van der Waals surface area contributed by atoms with Crippen LogP contribution in [0.5, 0.6) is 0 Å². The van der Waals surface area contributed by atoms with Gasteiger partial charge in [-0.25, -0.2) is 4.98 Å². The molecule has 0 aliphatic heterocycles. The second-order valence-electron chi connectivity index (χ2n) is 2.72. The molecule has 3 nitrogen and oxygen atoms in total. The van der Waals surface area contributed by atoms with Gasteiger partial charge < -0.3 is 4.98 Å². The van der Waals surface area contributed by atoms with Crippen molar-refractivity contribution in [2.45, 2.75) is 6.92 Å². The number of thiophene rings is 1. The first kappa shape index (κ1) is 8.19. The second-order valence-corrected chi connectivity index (χ2v) is 3.67. The zero-order valence-electron chi connectivity index (χ0n) is 7.07. The quantitative estimate of drug-likeness (QED) is 0.749. The van der Waals surface area contributed by atoms with Crippen molar-refractivity contribution in [2.75, 3.05) is 0 Å². The summed E-state index contributed by atoms with van der Waals surface area (Å²) in [4.78, 5) is 19.1. The lowest BCUT2D eigenvalue weighted by Crippen LogP contribution is -2.11. The van der Waals surface area contributed by atoms with Crippen molar-refractivity contribution in [2.24, 2.45) is 0 Å². The van der Waals surface area contributed by atoms with Crippen molar-refractivity contribution in [3.63, 3.8) is 0 Å². The molecule has 66 valence electrons. The van der Waals surface area contributed by atoms with Crippen LogP contribution in [0.25, 0.3) is 10.6 Å². The van der Waals surface area contributed by atoms with Gasteiger partial charge in [0.1, 0.15) is 5.69 Å². The van der Waals surface area contributed by atoms with E-state index in [0.717, 1.165) is 10.6 Å².